The van der Waals surface area contributed by atoms with Crippen LogP contribution in [-0.4, -0.2) is 68.9 Å². The lowest BCUT2D eigenvalue weighted by molar-refractivity contribution is 0.00719. The highest BCUT2D eigenvalue weighted by Gasteiger charge is 2.24. The summed E-state index contributed by atoms with van der Waals surface area (Å²) in [5, 5.41) is 5.95. The van der Waals surface area contributed by atoms with E-state index in [4.69, 9.17) is 4.74 Å². The van der Waals surface area contributed by atoms with E-state index in [1.54, 1.807) is 6.20 Å². The lowest BCUT2D eigenvalue weighted by Gasteiger charge is -2.36. The molecular formula is C18H31N5O2. The highest BCUT2D eigenvalue weighted by molar-refractivity contribution is 5.74. The normalized spacial score (nSPS) is 16.5. The molecule has 7 heteroatoms. The Morgan fingerprint density at radius 3 is 2.68 bits per heavy atom. The van der Waals surface area contributed by atoms with Crippen LogP contribution < -0.4 is 15.5 Å². The molecule has 2 amide bonds. The molecule has 140 valence electrons. The number of amides is 2. The molecule has 1 aliphatic rings. The van der Waals surface area contributed by atoms with Gasteiger partial charge < -0.3 is 20.3 Å². The Hall–Kier alpha value is -1.86. The predicted molar refractivity (Wildman–Crippen MR) is 99.8 cm³/mol. The number of morpholine rings is 1. The van der Waals surface area contributed by atoms with Gasteiger partial charge in [0.2, 0.25) is 0 Å². The Labute approximate surface area is 150 Å². The lowest BCUT2D eigenvalue weighted by atomic mass is 10.0. The predicted octanol–water partition coefficient (Wildman–Crippen LogP) is 1.30. The summed E-state index contributed by atoms with van der Waals surface area (Å²) in [5.74, 6) is 1.34. The Bertz CT molecular complexity index is 544. The van der Waals surface area contributed by atoms with Gasteiger partial charge in [-0.05, 0) is 12.0 Å². The fourth-order valence-corrected chi connectivity index (χ4v) is 3.10. The van der Waals surface area contributed by atoms with Gasteiger partial charge in [0.1, 0.15) is 5.82 Å². The summed E-state index contributed by atoms with van der Waals surface area (Å²) in [6.45, 7) is 8.86. The van der Waals surface area contributed by atoms with Crippen LogP contribution >= 0.6 is 0 Å². The zero-order valence-electron chi connectivity index (χ0n) is 15.8. The van der Waals surface area contributed by atoms with Crippen molar-refractivity contribution in [2.45, 2.75) is 26.4 Å². The van der Waals surface area contributed by atoms with Crippen LogP contribution in [0.5, 0.6) is 0 Å². The Morgan fingerprint density at radius 2 is 2.04 bits per heavy atom. The first-order chi connectivity index (χ1) is 12.0. The van der Waals surface area contributed by atoms with Gasteiger partial charge in [0.05, 0.1) is 13.2 Å². The average Bonchev–Trinajstić information content (AvgIpc) is 2.61. The van der Waals surface area contributed by atoms with Gasteiger partial charge >= 0.3 is 6.03 Å². The minimum atomic E-state index is -0.146. The fourth-order valence-electron chi connectivity index (χ4n) is 3.10. The van der Waals surface area contributed by atoms with Crippen molar-refractivity contribution in [1.82, 2.24) is 20.5 Å². The molecule has 1 atom stereocenters. The number of anilines is 1. The molecular weight excluding hydrogens is 318 g/mol. The van der Waals surface area contributed by atoms with Crippen LogP contribution in [0.1, 0.15) is 19.4 Å². The topological polar surface area (TPSA) is 69.7 Å². The van der Waals surface area contributed by atoms with Crippen LogP contribution in [0.4, 0.5) is 10.6 Å². The molecule has 0 aliphatic carbocycles. The quantitative estimate of drug-likeness (QED) is 0.777. The number of hydrogen-bond donors (Lipinski definition) is 2. The van der Waals surface area contributed by atoms with Crippen LogP contribution in [0.3, 0.4) is 0 Å². The molecule has 1 fully saturated rings. The third-order valence-electron chi connectivity index (χ3n) is 4.49. The van der Waals surface area contributed by atoms with Crippen molar-refractivity contribution in [1.29, 1.82) is 0 Å². The molecule has 0 aromatic carbocycles. The first-order valence-corrected chi connectivity index (χ1v) is 8.93. The third-order valence-corrected chi connectivity index (χ3v) is 4.49. The first kappa shape index (κ1) is 19.5. The molecule has 1 aromatic heterocycles. The molecule has 7 nitrogen and oxygen atoms in total. The molecule has 1 saturated heterocycles. The van der Waals surface area contributed by atoms with Gasteiger partial charge in [0.25, 0.3) is 0 Å². The highest BCUT2D eigenvalue weighted by Crippen LogP contribution is 2.14. The number of rotatable bonds is 7. The summed E-state index contributed by atoms with van der Waals surface area (Å²) in [5.41, 5.74) is 0.997. The summed E-state index contributed by atoms with van der Waals surface area (Å²) in [6.07, 6.45) is 1.76. The van der Waals surface area contributed by atoms with E-state index in [1.807, 2.05) is 31.1 Å². The molecule has 0 bridgehead atoms. The van der Waals surface area contributed by atoms with Gasteiger partial charge in [-0.3, -0.25) is 4.90 Å². The number of ether oxygens (including phenoxy) is 1. The molecule has 2 rings (SSSR count). The minimum Gasteiger partial charge on any atom is -0.379 e. The second-order valence-electron chi connectivity index (χ2n) is 6.90. The average molecular weight is 349 g/mol. The number of carbonyl (C=O) groups is 1. The summed E-state index contributed by atoms with van der Waals surface area (Å²) in [7, 11) is 3.89. The summed E-state index contributed by atoms with van der Waals surface area (Å²) in [4.78, 5) is 20.9. The van der Waals surface area contributed by atoms with E-state index in [9.17, 15) is 4.79 Å². The summed E-state index contributed by atoms with van der Waals surface area (Å²) in [6, 6.07) is 4.04. The summed E-state index contributed by atoms with van der Waals surface area (Å²) >= 11 is 0. The van der Waals surface area contributed by atoms with Crippen molar-refractivity contribution < 1.29 is 9.53 Å². The van der Waals surface area contributed by atoms with Crippen LogP contribution in [0.15, 0.2) is 18.3 Å². The number of aromatic nitrogens is 1. The van der Waals surface area contributed by atoms with Crippen LogP contribution in [0.25, 0.3) is 0 Å². The van der Waals surface area contributed by atoms with E-state index in [1.165, 1.54) is 0 Å². The van der Waals surface area contributed by atoms with Crippen molar-refractivity contribution >= 4 is 11.8 Å². The van der Waals surface area contributed by atoms with Crippen LogP contribution in [0.2, 0.25) is 0 Å². The van der Waals surface area contributed by atoms with E-state index in [0.717, 1.165) is 37.7 Å². The molecule has 0 radical (unpaired) electrons. The van der Waals surface area contributed by atoms with E-state index in [0.29, 0.717) is 25.0 Å². The standard InChI is InChI=1S/C18H31N5O2/c1-14(2)16(23-8-10-25-11-9-23)13-21-18(24)20-12-15-6-5-7-19-17(15)22(3)4/h5-7,14,16H,8-13H2,1-4H3,(H2,20,21,24)/t16-/m1/s1. The number of pyridine rings is 1. The maximum absolute atomic E-state index is 12.2. The van der Waals surface area contributed by atoms with Gasteiger partial charge in [-0.15, -0.1) is 0 Å². The SMILES string of the molecule is CC(C)[C@@H](CNC(=O)NCc1cccnc1N(C)C)N1CCOCC1. The third kappa shape index (κ3) is 5.86. The Morgan fingerprint density at radius 1 is 1.32 bits per heavy atom. The zero-order valence-corrected chi connectivity index (χ0v) is 15.8. The van der Waals surface area contributed by atoms with Crippen LogP contribution in [0, 0.1) is 5.92 Å². The molecule has 2 N–H and O–H groups in total. The summed E-state index contributed by atoms with van der Waals surface area (Å²) < 4.78 is 5.42. The Kier molecular flexibility index (Phi) is 7.46. The lowest BCUT2D eigenvalue weighted by Crippen LogP contribution is -2.52. The molecule has 0 saturated carbocycles. The molecule has 0 unspecified atom stereocenters. The first-order valence-electron chi connectivity index (χ1n) is 8.93. The molecule has 1 aromatic rings. The van der Waals surface area contributed by atoms with E-state index >= 15 is 0 Å². The van der Waals surface area contributed by atoms with Crippen molar-refractivity contribution in [3.05, 3.63) is 23.9 Å². The number of nitrogens with one attached hydrogen (secondary N) is 2. The molecule has 2 heterocycles. The maximum Gasteiger partial charge on any atom is 0.315 e. The van der Waals surface area contributed by atoms with Gasteiger partial charge in [0, 0.05) is 58.1 Å². The molecule has 25 heavy (non-hydrogen) atoms. The number of nitrogens with zero attached hydrogens (tertiary/aromatic N) is 3. The van der Waals surface area contributed by atoms with Crippen LogP contribution in [-0.2, 0) is 11.3 Å². The van der Waals surface area contributed by atoms with Gasteiger partial charge in [0.15, 0.2) is 0 Å². The second kappa shape index (κ2) is 9.58. The molecule has 1 aliphatic heterocycles. The van der Waals surface area contributed by atoms with Crippen molar-refractivity contribution in [3.63, 3.8) is 0 Å². The smallest absolute Gasteiger partial charge is 0.315 e. The number of hydrogen-bond acceptors (Lipinski definition) is 5. The number of carbonyl (C=O) groups excluding carboxylic acids is 1. The van der Waals surface area contributed by atoms with Gasteiger partial charge in [-0.1, -0.05) is 19.9 Å². The molecule has 0 spiro atoms. The van der Waals surface area contributed by atoms with E-state index in [2.05, 4.69) is 34.4 Å². The minimum absolute atomic E-state index is 0.146. The maximum atomic E-state index is 12.2. The second-order valence-corrected chi connectivity index (χ2v) is 6.90. The van der Waals surface area contributed by atoms with Crippen molar-refractivity contribution in [2.75, 3.05) is 51.8 Å². The fraction of sp³-hybridized carbons (Fsp3) is 0.667. The highest BCUT2D eigenvalue weighted by atomic mass is 16.5. The Balaban J connectivity index is 1.83. The van der Waals surface area contributed by atoms with Crippen molar-refractivity contribution in [3.8, 4) is 0 Å². The van der Waals surface area contributed by atoms with E-state index < -0.39 is 0 Å². The van der Waals surface area contributed by atoms with Gasteiger partial charge in [-0.25, -0.2) is 9.78 Å². The van der Waals surface area contributed by atoms with Gasteiger partial charge in [-0.2, -0.15) is 0 Å². The monoisotopic (exact) mass is 349 g/mol. The number of urea groups is 1. The van der Waals surface area contributed by atoms with E-state index in [-0.39, 0.29) is 6.03 Å². The van der Waals surface area contributed by atoms with Crippen molar-refractivity contribution in [2.24, 2.45) is 5.92 Å². The zero-order chi connectivity index (χ0) is 18.2. The largest absolute Gasteiger partial charge is 0.379 e.